The molecule has 1 unspecified atom stereocenters. The monoisotopic (exact) mass is 298 g/mol. The number of aryl methyl sites for hydroxylation is 1. The van der Waals surface area contributed by atoms with Crippen LogP contribution in [0.5, 0.6) is 0 Å². The second-order valence-electron chi connectivity index (χ2n) is 5.35. The number of anilines is 1. The van der Waals surface area contributed by atoms with Crippen molar-refractivity contribution in [3.05, 3.63) is 16.0 Å². The summed E-state index contributed by atoms with van der Waals surface area (Å²) >= 11 is 1.29. The summed E-state index contributed by atoms with van der Waals surface area (Å²) in [5.74, 6) is -0.166. The highest BCUT2D eigenvalue weighted by Crippen LogP contribution is 2.32. The van der Waals surface area contributed by atoms with Gasteiger partial charge in [0.05, 0.1) is 5.56 Å². The summed E-state index contributed by atoms with van der Waals surface area (Å²) in [7, 11) is 0. The number of carboxylic acid groups (broad SMARTS) is 1. The molecule has 5 nitrogen and oxygen atoms in total. The minimum absolute atomic E-state index is 0.180. The van der Waals surface area contributed by atoms with Crippen molar-refractivity contribution in [3.63, 3.8) is 0 Å². The van der Waals surface area contributed by atoms with Crippen molar-refractivity contribution in [1.82, 2.24) is 5.32 Å². The second-order valence-corrected chi connectivity index (χ2v) is 6.57. The zero-order valence-electron chi connectivity index (χ0n) is 12.5. The topological polar surface area (TPSA) is 78.4 Å². The lowest BCUT2D eigenvalue weighted by atomic mass is 9.98. The van der Waals surface area contributed by atoms with Crippen LogP contribution >= 0.6 is 11.3 Å². The van der Waals surface area contributed by atoms with E-state index in [1.807, 2.05) is 6.92 Å². The van der Waals surface area contributed by atoms with Crippen molar-refractivity contribution in [1.29, 1.82) is 0 Å². The van der Waals surface area contributed by atoms with E-state index in [0.717, 1.165) is 4.88 Å². The molecule has 0 radical (unpaired) electrons. The van der Waals surface area contributed by atoms with E-state index in [-0.39, 0.29) is 11.6 Å². The molecule has 1 aromatic heterocycles. The van der Waals surface area contributed by atoms with Crippen molar-refractivity contribution in [2.75, 3.05) is 11.9 Å². The van der Waals surface area contributed by atoms with Gasteiger partial charge in [-0.25, -0.2) is 9.59 Å². The maximum atomic E-state index is 11.8. The largest absolute Gasteiger partial charge is 0.478 e. The van der Waals surface area contributed by atoms with Gasteiger partial charge in [0.25, 0.3) is 0 Å². The molecule has 1 heterocycles. The first-order chi connectivity index (χ1) is 9.23. The summed E-state index contributed by atoms with van der Waals surface area (Å²) in [5, 5.41) is 15.0. The lowest BCUT2D eigenvalue weighted by molar-refractivity contribution is 0.0697. The normalized spacial score (nSPS) is 12.3. The van der Waals surface area contributed by atoms with E-state index >= 15 is 0 Å². The summed E-state index contributed by atoms with van der Waals surface area (Å²) in [5.41, 5.74) is 0.882. The highest BCUT2D eigenvalue weighted by atomic mass is 32.1. The number of aromatic carboxylic acids is 1. The predicted octanol–water partition coefficient (Wildman–Crippen LogP) is 3.48. The van der Waals surface area contributed by atoms with Crippen molar-refractivity contribution in [2.24, 2.45) is 11.8 Å². The fourth-order valence-electron chi connectivity index (χ4n) is 1.61. The van der Waals surface area contributed by atoms with Crippen molar-refractivity contribution in [3.8, 4) is 0 Å². The second kappa shape index (κ2) is 6.74. The van der Waals surface area contributed by atoms with Gasteiger partial charge < -0.3 is 10.4 Å². The zero-order chi connectivity index (χ0) is 15.4. The molecule has 6 heteroatoms. The van der Waals surface area contributed by atoms with Crippen LogP contribution in [-0.4, -0.2) is 23.7 Å². The number of carbonyl (C=O) groups is 2. The summed E-state index contributed by atoms with van der Waals surface area (Å²) in [6.45, 7) is 10.4. The Morgan fingerprint density at radius 1 is 1.25 bits per heavy atom. The van der Waals surface area contributed by atoms with E-state index in [4.69, 9.17) is 0 Å². The molecule has 0 aliphatic carbocycles. The minimum atomic E-state index is -1.02. The van der Waals surface area contributed by atoms with Crippen LogP contribution in [0.15, 0.2) is 0 Å². The Hall–Kier alpha value is -1.56. The molecule has 0 aliphatic heterocycles. The van der Waals surface area contributed by atoms with Gasteiger partial charge in [-0.05, 0) is 31.2 Å². The number of nitrogens with one attached hydrogen (secondary N) is 2. The number of hydrogen-bond donors (Lipinski definition) is 3. The first kappa shape index (κ1) is 16.5. The Kier molecular flexibility index (Phi) is 5.56. The van der Waals surface area contributed by atoms with Crippen LogP contribution in [0.3, 0.4) is 0 Å². The van der Waals surface area contributed by atoms with E-state index in [1.165, 1.54) is 11.3 Å². The van der Waals surface area contributed by atoms with Crippen LogP contribution in [0.4, 0.5) is 9.80 Å². The number of urea groups is 1. The molecule has 1 rings (SSSR count). The highest BCUT2D eigenvalue weighted by molar-refractivity contribution is 7.16. The third kappa shape index (κ3) is 3.96. The van der Waals surface area contributed by atoms with Crippen LogP contribution in [-0.2, 0) is 0 Å². The highest BCUT2D eigenvalue weighted by Gasteiger charge is 2.20. The lowest BCUT2D eigenvalue weighted by Gasteiger charge is -2.16. The van der Waals surface area contributed by atoms with Gasteiger partial charge in [0.1, 0.15) is 5.00 Å². The zero-order valence-corrected chi connectivity index (χ0v) is 13.4. The summed E-state index contributed by atoms with van der Waals surface area (Å²) < 4.78 is 0. The van der Waals surface area contributed by atoms with Crippen LogP contribution in [0.25, 0.3) is 0 Å². The van der Waals surface area contributed by atoms with E-state index in [2.05, 4.69) is 31.4 Å². The Balaban J connectivity index is 2.72. The van der Waals surface area contributed by atoms with Gasteiger partial charge in [-0.2, -0.15) is 0 Å². The van der Waals surface area contributed by atoms with Crippen LogP contribution in [0, 0.1) is 25.7 Å². The molecule has 20 heavy (non-hydrogen) atoms. The molecule has 112 valence electrons. The predicted molar refractivity (Wildman–Crippen MR) is 81.8 cm³/mol. The summed E-state index contributed by atoms with van der Waals surface area (Å²) in [6.07, 6.45) is 0. The Morgan fingerprint density at radius 2 is 1.85 bits per heavy atom. The molecule has 0 fully saturated rings. The van der Waals surface area contributed by atoms with Crippen molar-refractivity contribution < 1.29 is 14.7 Å². The molecule has 0 bridgehead atoms. The van der Waals surface area contributed by atoms with E-state index < -0.39 is 5.97 Å². The molecule has 1 aromatic rings. The molecule has 2 amide bonds. The first-order valence-corrected chi connectivity index (χ1v) is 7.43. The molecule has 0 saturated heterocycles. The standard InChI is InChI=1S/C14H22N2O3S/c1-7(2)8(3)6-15-14(19)16-12-11(13(17)18)9(4)10(5)20-12/h7-8H,6H2,1-5H3,(H,17,18)(H2,15,16,19). The SMILES string of the molecule is Cc1sc(NC(=O)NCC(C)C(C)C)c(C(=O)O)c1C. The number of thiophene rings is 1. The molecular weight excluding hydrogens is 276 g/mol. The molecule has 1 atom stereocenters. The fourth-order valence-corrected chi connectivity index (χ4v) is 2.66. The molecule has 0 spiro atoms. The van der Waals surface area contributed by atoms with Crippen LogP contribution < -0.4 is 10.6 Å². The summed E-state index contributed by atoms with van der Waals surface area (Å²) in [6, 6.07) is -0.360. The Labute approximate surface area is 123 Å². The van der Waals surface area contributed by atoms with Gasteiger partial charge in [0.15, 0.2) is 0 Å². The third-order valence-electron chi connectivity index (χ3n) is 3.55. The maximum absolute atomic E-state index is 11.8. The quantitative estimate of drug-likeness (QED) is 0.778. The average Bonchev–Trinajstić information content (AvgIpc) is 2.61. The third-order valence-corrected chi connectivity index (χ3v) is 4.67. The molecular formula is C14H22N2O3S. The van der Waals surface area contributed by atoms with Gasteiger partial charge in [-0.3, -0.25) is 5.32 Å². The smallest absolute Gasteiger partial charge is 0.338 e. The number of carbonyl (C=O) groups excluding carboxylic acids is 1. The number of carboxylic acids is 1. The van der Waals surface area contributed by atoms with Gasteiger partial charge in [0, 0.05) is 11.4 Å². The number of amides is 2. The molecule has 3 N–H and O–H groups in total. The van der Waals surface area contributed by atoms with Gasteiger partial charge in [-0.15, -0.1) is 11.3 Å². The van der Waals surface area contributed by atoms with Gasteiger partial charge in [-0.1, -0.05) is 20.8 Å². The maximum Gasteiger partial charge on any atom is 0.338 e. The fraction of sp³-hybridized carbons (Fsp3) is 0.571. The lowest BCUT2D eigenvalue weighted by Crippen LogP contribution is -2.33. The van der Waals surface area contributed by atoms with Gasteiger partial charge >= 0.3 is 12.0 Å². The van der Waals surface area contributed by atoms with E-state index in [0.29, 0.717) is 28.9 Å². The average molecular weight is 298 g/mol. The van der Waals surface area contributed by atoms with Crippen molar-refractivity contribution in [2.45, 2.75) is 34.6 Å². The van der Waals surface area contributed by atoms with Gasteiger partial charge in [0.2, 0.25) is 0 Å². The van der Waals surface area contributed by atoms with Crippen molar-refractivity contribution >= 4 is 28.3 Å². The first-order valence-electron chi connectivity index (χ1n) is 6.62. The summed E-state index contributed by atoms with van der Waals surface area (Å²) in [4.78, 5) is 24.0. The van der Waals surface area contributed by atoms with Crippen LogP contribution in [0.1, 0.15) is 41.6 Å². The number of hydrogen-bond acceptors (Lipinski definition) is 3. The van der Waals surface area contributed by atoms with E-state index in [1.54, 1.807) is 6.92 Å². The Bertz CT molecular complexity index is 509. The molecule has 0 saturated carbocycles. The molecule has 0 aromatic carbocycles. The molecule has 0 aliphatic rings. The Morgan fingerprint density at radius 3 is 2.35 bits per heavy atom. The van der Waals surface area contributed by atoms with Crippen LogP contribution in [0.2, 0.25) is 0 Å². The minimum Gasteiger partial charge on any atom is -0.478 e. The van der Waals surface area contributed by atoms with E-state index in [9.17, 15) is 14.7 Å². The number of rotatable bonds is 5.